The summed E-state index contributed by atoms with van der Waals surface area (Å²) in [5, 5.41) is 64.0. The number of ether oxygens (including phenoxy) is 6. The van der Waals surface area contributed by atoms with Crippen LogP contribution < -0.4 is 0 Å². The average Bonchev–Trinajstić information content (AvgIpc) is 3.20. The molecular formula is C48H74O14. The summed E-state index contributed by atoms with van der Waals surface area (Å²) in [6, 6.07) is 7.58. The standard InChI is InChI=1S/C48H74O14/c1-29-17-31(19-33(37(29)54)43(3,4)5)13-15-35(52)57-24-45(9,10)41-59-26-48(27-60-41)28-61-42(62-40(48)39(56)47(21-49,22-50)23-51)46(11,12)25-58-36(53)16-14-32-18-30(2)38(55)34(20-32)44(6,7)8/h17-20,39-42,49-51,54-56H,13-16,21-28H2,1-12H3. The van der Waals surface area contributed by atoms with Crippen molar-refractivity contribution in [1.82, 2.24) is 0 Å². The van der Waals surface area contributed by atoms with Crippen LogP contribution in [-0.2, 0) is 61.7 Å². The zero-order valence-corrected chi connectivity index (χ0v) is 39.1. The molecule has 0 saturated carbocycles. The van der Waals surface area contributed by atoms with E-state index in [1.807, 2.05) is 93.5 Å². The molecule has 2 aliphatic rings. The summed E-state index contributed by atoms with van der Waals surface area (Å²) in [4.78, 5) is 26.0. The first kappa shape index (κ1) is 51.3. The summed E-state index contributed by atoms with van der Waals surface area (Å²) in [6.07, 6.45) is -3.63. The molecular weight excluding hydrogens is 801 g/mol. The summed E-state index contributed by atoms with van der Waals surface area (Å²) in [5.74, 6) is -0.344. The van der Waals surface area contributed by atoms with Crippen molar-refractivity contribution in [2.75, 3.05) is 52.9 Å². The minimum absolute atomic E-state index is 0.0193. The van der Waals surface area contributed by atoms with Gasteiger partial charge in [0.05, 0.1) is 62.7 Å². The molecule has 6 N–H and O–H groups in total. The van der Waals surface area contributed by atoms with Crippen molar-refractivity contribution in [3.63, 3.8) is 0 Å². The van der Waals surface area contributed by atoms with Crippen molar-refractivity contribution >= 4 is 11.9 Å². The number of aliphatic hydroxyl groups excluding tert-OH is 4. The predicted molar refractivity (Wildman–Crippen MR) is 232 cm³/mol. The van der Waals surface area contributed by atoms with E-state index in [2.05, 4.69) is 0 Å². The van der Waals surface area contributed by atoms with Crippen LogP contribution >= 0.6 is 0 Å². The SMILES string of the molecule is Cc1cc(CCC(=O)OCC(C)(C)C2OCC3(CO2)COC(C(C)(C)COC(=O)CCc2cc(C)c(O)c(C(C)(C)C)c2)OC3C(O)C(CO)(CO)CO)cc(C(C)(C)C)c1O. The lowest BCUT2D eigenvalue weighted by Crippen LogP contribution is -2.67. The van der Waals surface area contributed by atoms with E-state index >= 15 is 0 Å². The molecule has 2 aromatic carbocycles. The number of rotatable bonds is 17. The Bertz CT molecular complexity index is 1830. The van der Waals surface area contributed by atoms with Crippen molar-refractivity contribution in [1.29, 1.82) is 0 Å². The largest absolute Gasteiger partial charge is 0.507 e. The van der Waals surface area contributed by atoms with E-state index in [-0.39, 0.29) is 68.2 Å². The molecule has 62 heavy (non-hydrogen) atoms. The van der Waals surface area contributed by atoms with Gasteiger partial charge in [-0.1, -0.05) is 93.5 Å². The maximum atomic E-state index is 13.0. The Labute approximate surface area is 367 Å². The first-order chi connectivity index (χ1) is 28.6. The summed E-state index contributed by atoms with van der Waals surface area (Å²) in [5.41, 5.74) is -0.344. The maximum absolute atomic E-state index is 13.0. The van der Waals surface area contributed by atoms with Crippen LogP contribution in [0, 0.1) is 35.5 Å². The van der Waals surface area contributed by atoms with E-state index in [4.69, 9.17) is 28.4 Å². The van der Waals surface area contributed by atoms with Crippen LogP contribution in [-0.4, -0.2) is 120 Å². The number of aryl methyl sites for hydroxylation is 4. The molecule has 14 nitrogen and oxygen atoms in total. The fourth-order valence-corrected chi connectivity index (χ4v) is 7.93. The number of esters is 2. The molecule has 0 radical (unpaired) electrons. The summed E-state index contributed by atoms with van der Waals surface area (Å²) in [6.45, 7) is 20.5. The van der Waals surface area contributed by atoms with Crippen LogP contribution in [0.3, 0.4) is 0 Å². The first-order valence-electron chi connectivity index (χ1n) is 21.6. The highest BCUT2D eigenvalue weighted by atomic mass is 16.7. The van der Waals surface area contributed by atoms with Crippen LogP contribution in [0.15, 0.2) is 24.3 Å². The van der Waals surface area contributed by atoms with Crippen molar-refractivity contribution < 1.29 is 68.6 Å². The minimum atomic E-state index is -1.76. The van der Waals surface area contributed by atoms with E-state index in [0.29, 0.717) is 12.8 Å². The summed E-state index contributed by atoms with van der Waals surface area (Å²) < 4.78 is 36.8. The Hall–Kier alpha value is -3.34. The van der Waals surface area contributed by atoms with Gasteiger partial charge in [0.15, 0.2) is 12.6 Å². The third-order valence-corrected chi connectivity index (χ3v) is 12.4. The van der Waals surface area contributed by atoms with Crippen LogP contribution in [0.5, 0.6) is 11.5 Å². The minimum Gasteiger partial charge on any atom is -0.507 e. The van der Waals surface area contributed by atoms with Gasteiger partial charge in [0, 0.05) is 23.7 Å². The number of benzene rings is 2. The topological polar surface area (TPSA) is 211 Å². The molecule has 14 heteroatoms. The number of carbonyl (C=O) groups is 2. The smallest absolute Gasteiger partial charge is 0.306 e. The second-order valence-corrected chi connectivity index (χ2v) is 21.2. The van der Waals surface area contributed by atoms with Crippen molar-refractivity contribution in [2.45, 2.75) is 144 Å². The van der Waals surface area contributed by atoms with Gasteiger partial charge in [0.2, 0.25) is 0 Å². The van der Waals surface area contributed by atoms with Gasteiger partial charge in [-0.3, -0.25) is 9.59 Å². The second-order valence-electron chi connectivity index (χ2n) is 21.2. The highest BCUT2D eigenvalue weighted by Crippen LogP contribution is 2.46. The molecule has 4 rings (SSSR count). The van der Waals surface area contributed by atoms with E-state index in [0.717, 1.165) is 33.4 Å². The van der Waals surface area contributed by atoms with Crippen LogP contribution in [0.1, 0.15) is 115 Å². The highest BCUT2D eigenvalue weighted by molar-refractivity contribution is 5.70. The van der Waals surface area contributed by atoms with Gasteiger partial charge >= 0.3 is 11.9 Å². The predicted octanol–water partition coefficient (Wildman–Crippen LogP) is 5.44. The third kappa shape index (κ3) is 11.9. The van der Waals surface area contributed by atoms with Gasteiger partial charge in [-0.2, -0.15) is 0 Å². The molecule has 2 saturated heterocycles. The molecule has 2 heterocycles. The average molecular weight is 875 g/mol. The monoisotopic (exact) mass is 875 g/mol. The molecule has 2 fully saturated rings. The fraction of sp³-hybridized carbons (Fsp3) is 0.708. The molecule has 1 spiro atoms. The van der Waals surface area contributed by atoms with Gasteiger partial charge in [0.1, 0.15) is 24.7 Å². The maximum Gasteiger partial charge on any atom is 0.306 e. The number of hydrogen-bond donors (Lipinski definition) is 6. The van der Waals surface area contributed by atoms with Gasteiger partial charge in [-0.05, 0) is 70.9 Å². The molecule has 0 aliphatic carbocycles. The molecule has 350 valence electrons. The van der Waals surface area contributed by atoms with Gasteiger partial charge in [0.25, 0.3) is 0 Å². The van der Waals surface area contributed by atoms with Crippen LogP contribution in [0.4, 0.5) is 0 Å². The Morgan fingerprint density at radius 3 is 1.40 bits per heavy atom. The van der Waals surface area contributed by atoms with Crippen molar-refractivity contribution in [2.24, 2.45) is 21.7 Å². The first-order valence-corrected chi connectivity index (χ1v) is 21.6. The number of aliphatic hydroxyl groups is 4. The number of hydrogen-bond acceptors (Lipinski definition) is 14. The number of phenols is 2. The quantitative estimate of drug-likeness (QED) is 0.109. The Morgan fingerprint density at radius 1 is 0.661 bits per heavy atom. The number of aromatic hydroxyl groups is 2. The Morgan fingerprint density at radius 2 is 1.03 bits per heavy atom. The van der Waals surface area contributed by atoms with Crippen LogP contribution in [0.25, 0.3) is 0 Å². The highest BCUT2D eigenvalue weighted by Gasteiger charge is 2.59. The lowest BCUT2D eigenvalue weighted by molar-refractivity contribution is -0.376. The lowest BCUT2D eigenvalue weighted by Gasteiger charge is -2.55. The zero-order valence-electron chi connectivity index (χ0n) is 39.1. The molecule has 3 atom stereocenters. The second kappa shape index (κ2) is 19.8. The van der Waals surface area contributed by atoms with Gasteiger partial charge < -0.3 is 59.1 Å². The molecule has 2 aliphatic heterocycles. The molecule has 2 aromatic rings. The Kier molecular flexibility index (Phi) is 16.4. The normalized spacial score (nSPS) is 22.1. The van der Waals surface area contributed by atoms with E-state index in [9.17, 15) is 40.2 Å². The molecule has 0 bridgehead atoms. The van der Waals surface area contributed by atoms with E-state index < -0.39 is 78.2 Å². The fourth-order valence-electron chi connectivity index (χ4n) is 7.93. The number of phenolic OH excluding ortho intramolecular Hbond substituents is 2. The third-order valence-electron chi connectivity index (χ3n) is 12.4. The van der Waals surface area contributed by atoms with Gasteiger partial charge in [-0.15, -0.1) is 0 Å². The lowest BCUT2D eigenvalue weighted by atomic mass is 9.71. The molecule has 0 aromatic heterocycles. The summed E-state index contributed by atoms with van der Waals surface area (Å²) in [7, 11) is 0. The van der Waals surface area contributed by atoms with Crippen molar-refractivity contribution in [3.8, 4) is 11.5 Å². The van der Waals surface area contributed by atoms with Crippen molar-refractivity contribution in [3.05, 3.63) is 57.6 Å². The Balaban J connectivity index is 1.40. The number of carbonyl (C=O) groups excluding carboxylic acids is 2. The summed E-state index contributed by atoms with van der Waals surface area (Å²) >= 11 is 0. The molecule has 0 amide bonds. The van der Waals surface area contributed by atoms with E-state index in [1.165, 1.54) is 0 Å². The van der Waals surface area contributed by atoms with Gasteiger partial charge in [-0.25, -0.2) is 0 Å². The molecule has 3 unspecified atom stereocenters. The van der Waals surface area contributed by atoms with Crippen LogP contribution in [0.2, 0.25) is 0 Å². The zero-order chi connectivity index (χ0) is 46.6. The van der Waals surface area contributed by atoms with E-state index in [1.54, 1.807) is 13.8 Å².